The van der Waals surface area contributed by atoms with Gasteiger partial charge in [-0.15, -0.1) is 0 Å². The highest BCUT2D eigenvalue weighted by molar-refractivity contribution is 9.10. The molecule has 2 aromatic carbocycles. The van der Waals surface area contributed by atoms with Crippen LogP contribution in [0.4, 0.5) is 17.5 Å². The lowest BCUT2D eigenvalue weighted by Gasteiger charge is -2.12. The van der Waals surface area contributed by atoms with Gasteiger partial charge in [0.15, 0.2) is 0 Å². The number of anilines is 3. The van der Waals surface area contributed by atoms with E-state index >= 15 is 0 Å². The van der Waals surface area contributed by atoms with E-state index in [-0.39, 0.29) is 5.95 Å². The van der Waals surface area contributed by atoms with E-state index in [0.717, 1.165) is 36.8 Å². The Kier molecular flexibility index (Phi) is 4.57. The molecule has 0 fully saturated rings. The van der Waals surface area contributed by atoms with Gasteiger partial charge < -0.3 is 11.1 Å². The van der Waals surface area contributed by atoms with E-state index in [1.54, 1.807) is 6.20 Å². The number of rotatable bonds is 3. The molecule has 0 radical (unpaired) electrons. The Morgan fingerprint density at radius 1 is 0.923 bits per heavy atom. The molecule has 0 unspecified atom stereocenters. The van der Waals surface area contributed by atoms with E-state index in [4.69, 9.17) is 5.73 Å². The summed E-state index contributed by atoms with van der Waals surface area (Å²) in [6.45, 7) is 0. The molecule has 0 saturated heterocycles. The maximum atomic E-state index is 5.98. The molecule has 0 aliphatic heterocycles. The number of pyridine rings is 1. The lowest BCUT2D eigenvalue weighted by atomic mass is 10.0. The number of hydrogen-bond acceptors (Lipinski definition) is 5. The number of hydrogen-bond donors (Lipinski definition) is 2. The molecule has 7 heteroatoms. The maximum absolute atomic E-state index is 5.98. The smallest absolute Gasteiger partial charge is 0.222 e. The summed E-state index contributed by atoms with van der Waals surface area (Å²) < 4.78 is 1.77. The van der Waals surface area contributed by atoms with Gasteiger partial charge in [-0.3, -0.25) is 0 Å². The molecular weight excluding hydrogens is 458 g/mol. The first-order valence-electron chi connectivity index (χ1n) is 7.81. The van der Waals surface area contributed by atoms with Crippen molar-refractivity contribution in [2.24, 2.45) is 0 Å². The average molecular weight is 471 g/mol. The number of para-hydroxylation sites is 1. The molecule has 4 rings (SSSR count). The zero-order valence-electron chi connectivity index (χ0n) is 13.4. The monoisotopic (exact) mass is 469 g/mol. The predicted molar refractivity (Wildman–Crippen MR) is 112 cm³/mol. The molecule has 0 aliphatic rings. The molecule has 0 amide bonds. The molecule has 0 saturated carbocycles. The Balaban J connectivity index is 1.87. The summed E-state index contributed by atoms with van der Waals surface area (Å²) >= 11 is 6.84. The highest BCUT2D eigenvalue weighted by Crippen LogP contribution is 2.32. The second kappa shape index (κ2) is 7.01. The lowest BCUT2D eigenvalue weighted by molar-refractivity contribution is 1.23. The summed E-state index contributed by atoms with van der Waals surface area (Å²) in [5.74, 6) is 0.880. The van der Waals surface area contributed by atoms with Gasteiger partial charge in [0.1, 0.15) is 10.4 Å². The van der Waals surface area contributed by atoms with E-state index in [0.29, 0.717) is 5.82 Å². The molecule has 0 aliphatic carbocycles. The minimum atomic E-state index is 0.215. The van der Waals surface area contributed by atoms with Gasteiger partial charge in [-0.2, -0.15) is 4.98 Å². The van der Waals surface area contributed by atoms with Gasteiger partial charge in [0, 0.05) is 32.9 Å². The van der Waals surface area contributed by atoms with Crippen molar-refractivity contribution < 1.29 is 0 Å². The second-order valence-corrected chi connectivity index (χ2v) is 7.37. The summed E-state index contributed by atoms with van der Waals surface area (Å²) in [5, 5.41) is 4.22. The number of nitrogens with one attached hydrogen (secondary N) is 1. The quantitative estimate of drug-likeness (QED) is 0.384. The summed E-state index contributed by atoms with van der Waals surface area (Å²) in [6, 6.07) is 17.7. The normalized spacial score (nSPS) is 10.8. The average Bonchev–Trinajstić information content (AvgIpc) is 2.62. The van der Waals surface area contributed by atoms with E-state index in [9.17, 15) is 0 Å². The highest BCUT2D eigenvalue weighted by Gasteiger charge is 2.12. The fourth-order valence-corrected chi connectivity index (χ4v) is 3.37. The van der Waals surface area contributed by atoms with E-state index < -0.39 is 0 Å². The first kappa shape index (κ1) is 16.9. The van der Waals surface area contributed by atoms with Crippen LogP contribution in [-0.4, -0.2) is 15.0 Å². The molecule has 4 aromatic rings. The molecule has 2 heterocycles. The van der Waals surface area contributed by atoms with Crippen LogP contribution in [0.3, 0.4) is 0 Å². The summed E-state index contributed by atoms with van der Waals surface area (Å²) in [5.41, 5.74) is 9.59. The predicted octanol–water partition coefficient (Wildman–Crippen LogP) is 5.54. The van der Waals surface area contributed by atoms with Gasteiger partial charge in [-0.05, 0) is 46.3 Å². The molecule has 3 N–H and O–H groups in total. The fourth-order valence-electron chi connectivity index (χ4n) is 2.74. The first-order valence-corrected chi connectivity index (χ1v) is 9.39. The van der Waals surface area contributed by atoms with Gasteiger partial charge in [0.2, 0.25) is 5.95 Å². The summed E-state index contributed by atoms with van der Waals surface area (Å²) in [7, 11) is 0. The number of nitrogens with zero attached hydrogens (tertiary/aromatic N) is 3. The molecular formula is C19H13Br2N5. The molecule has 128 valence electrons. The van der Waals surface area contributed by atoms with E-state index in [1.165, 1.54) is 0 Å². The fraction of sp³-hybridized carbons (Fsp3) is 0. The molecule has 0 atom stereocenters. The van der Waals surface area contributed by atoms with Gasteiger partial charge in [-0.1, -0.05) is 40.2 Å². The number of aromatic nitrogens is 3. The van der Waals surface area contributed by atoms with Crippen molar-refractivity contribution in [2.75, 3.05) is 11.1 Å². The van der Waals surface area contributed by atoms with Gasteiger partial charge in [0.05, 0.1) is 5.52 Å². The Morgan fingerprint density at radius 3 is 2.54 bits per heavy atom. The molecule has 2 aromatic heterocycles. The van der Waals surface area contributed by atoms with Crippen molar-refractivity contribution >= 4 is 60.2 Å². The van der Waals surface area contributed by atoms with Crippen molar-refractivity contribution in [1.82, 2.24) is 15.0 Å². The Morgan fingerprint density at radius 2 is 1.77 bits per heavy atom. The summed E-state index contributed by atoms with van der Waals surface area (Å²) in [4.78, 5) is 13.2. The minimum absolute atomic E-state index is 0.215. The van der Waals surface area contributed by atoms with Gasteiger partial charge in [0.25, 0.3) is 0 Å². The minimum Gasteiger partial charge on any atom is -0.368 e. The van der Waals surface area contributed by atoms with Crippen LogP contribution in [0.15, 0.2) is 69.9 Å². The number of fused-ring (bicyclic) bond motifs is 1. The summed E-state index contributed by atoms with van der Waals surface area (Å²) in [6.07, 6.45) is 1.80. The van der Waals surface area contributed by atoms with Crippen LogP contribution < -0.4 is 11.1 Å². The Hall–Kier alpha value is -2.51. The van der Waals surface area contributed by atoms with E-state index in [1.807, 2.05) is 54.6 Å². The number of halogens is 2. The maximum Gasteiger partial charge on any atom is 0.222 e. The third kappa shape index (κ3) is 3.40. The second-order valence-electron chi connectivity index (χ2n) is 5.64. The molecule has 0 bridgehead atoms. The van der Waals surface area contributed by atoms with E-state index in [2.05, 4.69) is 52.1 Å². The van der Waals surface area contributed by atoms with Gasteiger partial charge >= 0.3 is 0 Å². The Bertz CT molecular complexity index is 1100. The van der Waals surface area contributed by atoms with Crippen molar-refractivity contribution in [3.8, 4) is 11.1 Å². The molecule has 5 nitrogen and oxygen atoms in total. The van der Waals surface area contributed by atoms with Crippen LogP contribution in [-0.2, 0) is 0 Å². The molecule has 0 spiro atoms. The number of nitrogen functional groups attached to an aromatic ring is 1. The van der Waals surface area contributed by atoms with Crippen molar-refractivity contribution in [1.29, 1.82) is 0 Å². The van der Waals surface area contributed by atoms with Gasteiger partial charge in [-0.25, -0.2) is 9.97 Å². The third-order valence-corrected chi connectivity index (χ3v) is 4.83. The lowest BCUT2D eigenvalue weighted by Crippen LogP contribution is -2.02. The first-order chi connectivity index (χ1) is 12.6. The number of benzene rings is 2. The van der Waals surface area contributed by atoms with Crippen LogP contribution in [0, 0.1) is 0 Å². The van der Waals surface area contributed by atoms with Crippen LogP contribution in [0.25, 0.3) is 22.0 Å². The Labute approximate surface area is 167 Å². The van der Waals surface area contributed by atoms with Crippen LogP contribution in [0.5, 0.6) is 0 Å². The topological polar surface area (TPSA) is 76.7 Å². The van der Waals surface area contributed by atoms with Crippen LogP contribution in [0.2, 0.25) is 0 Å². The zero-order valence-corrected chi connectivity index (χ0v) is 16.6. The van der Waals surface area contributed by atoms with Crippen LogP contribution >= 0.6 is 31.9 Å². The standard InChI is InChI=1S/C19H13Br2N5/c20-12-3-1-4-13(9-12)24-18-15-6-2-5-14(17(15)25-19(22)26-18)11-7-8-16(21)23-10-11/h1-10H,(H3,22,24,25,26). The van der Waals surface area contributed by atoms with Crippen molar-refractivity contribution in [3.63, 3.8) is 0 Å². The SMILES string of the molecule is Nc1nc(Nc2cccc(Br)c2)c2cccc(-c3ccc(Br)nc3)c2n1. The third-order valence-electron chi connectivity index (χ3n) is 3.87. The van der Waals surface area contributed by atoms with Crippen molar-refractivity contribution in [2.45, 2.75) is 0 Å². The largest absolute Gasteiger partial charge is 0.368 e. The zero-order chi connectivity index (χ0) is 18.1. The highest BCUT2D eigenvalue weighted by atomic mass is 79.9. The van der Waals surface area contributed by atoms with Crippen LogP contribution in [0.1, 0.15) is 0 Å². The number of nitrogens with two attached hydrogens (primary N) is 1. The molecule has 26 heavy (non-hydrogen) atoms. The van der Waals surface area contributed by atoms with Crippen molar-refractivity contribution in [3.05, 3.63) is 69.9 Å².